The smallest absolute Gasteiger partial charge is 0.309 e. The quantitative estimate of drug-likeness (QED) is 0.872. The number of piperidine rings is 2. The zero-order valence-electron chi connectivity index (χ0n) is 13.4. The predicted octanol–water partition coefficient (Wildman–Crippen LogP) is 1.34. The average Bonchev–Trinajstić information content (AvgIpc) is 2.56. The predicted molar refractivity (Wildman–Crippen MR) is 87.3 cm³/mol. The summed E-state index contributed by atoms with van der Waals surface area (Å²) in [5.74, 6) is -0.762. The molecule has 0 saturated carbocycles. The lowest BCUT2D eigenvalue weighted by Crippen LogP contribution is -2.46. The highest BCUT2D eigenvalue weighted by Gasteiger charge is 2.33. The zero-order chi connectivity index (χ0) is 16.2. The van der Waals surface area contributed by atoms with Crippen LogP contribution in [0.5, 0.6) is 0 Å². The van der Waals surface area contributed by atoms with E-state index in [1.807, 2.05) is 17.2 Å². The van der Waals surface area contributed by atoms with Crippen molar-refractivity contribution in [1.29, 1.82) is 0 Å². The fraction of sp³-hybridized carbons (Fsp3) is 0.647. The third-order valence-electron chi connectivity index (χ3n) is 4.89. The highest BCUT2D eigenvalue weighted by atomic mass is 16.4. The number of nitrogens with zero attached hydrogens (tertiary/aromatic N) is 3. The Morgan fingerprint density at radius 1 is 1.22 bits per heavy atom. The second-order valence-corrected chi connectivity index (χ2v) is 6.61. The van der Waals surface area contributed by atoms with Gasteiger partial charge in [0.15, 0.2) is 0 Å². The lowest BCUT2D eigenvalue weighted by atomic mass is 9.94. The standard InChI is InChI=1S/C17H25N3O3/c21-15-12-20(9-6-14(15)17(22)23)16-5-4-13(10-18-16)11-19-7-2-1-3-8-19/h4-5,10,14-15,21H,1-3,6-9,11-12H2,(H,22,23)/t14-,15+/m0/s1. The van der Waals surface area contributed by atoms with Crippen molar-refractivity contribution < 1.29 is 15.0 Å². The first-order valence-electron chi connectivity index (χ1n) is 8.46. The number of hydrogen-bond donors (Lipinski definition) is 2. The lowest BCUT2D eigenvalue weighted by Gasteiger charge is -2.34. The fourth-order valence-corrected chi connectivity index (χ4v) is 3.50. The van der Waals surface area contributed by atoms with Gasteiger partial charge in [-0.05, 0) is 44.0 Å². The van der Waals surface area contributed by atoms with Gasteiger partial charge in [0.1, 0.15) is 5.82 Å². The number of rotatable bonds is 4. The summed E-state index contributed by atoms with van der Waals surface area (Å²) in [6, 6.07) is 4.07. The van der Waals surface area contributed by atoms with Crippen LogP contribution in [0.3, 0.4) is 0 Å². The number of likely N-dealkylation sites (tertiary alicyclic amines) is 1. The lowest BCUT2D eigenvalue weighted by molar-refractivity contribution is -0.146. The molecule has 2 aliphatic rings. The number of aliphatic hydroxyl groups excluding tert-OH is 1. The normalized spacial score (nSPS) is 26.2. The maximum atomic E-state index is 11.0. The third-order valence-corrected chi connectivity index (χ3v) is 4.89. The van der Waals surface area contributed by atoms with E-state index < -0.39 is 18.0 Å². The van der Waals surface area contributed by atoms with E-state index >= 15 is 0 Å². The second-order valence-electron chi connectivity index (χ2n) is 6.61. The molecule has 6 nitrogen and oxygen atoms in total. The van der Waals surface area contributed by atoms with Crippen LogP contribution in [0, 0.1) is 5.92 Å². The molecule has 0 spiro atoms. The van der Waals surface area contributed by atoms with Crippen LogP contribution in [0.2, 0.25) is 0 Å². The van der Waals surface area contributed by atoms with Crippen LogP contribution in [0.1, 0.15) is 31.2 Å². The number of pyridine rings is 1. The summed E-state index contributed by atoms with van der Waals surface area (Å²) in [7, 11) is 0. The average molecular weight is 319 g/mol. The SMILES string of the molecule is O=C(O)[C@H]1CCN(c2ccc(CN3CCCCC3)cn2)C[C@H]1O. The molecule has 0 amide bonds. The van der Waals surface area contributed by atoms with Gasteiger partial charge in [0.05, 0.1) is 12.0 Å². The molecule has 1 aromatic rings. The van der Waals surface area contributed by atoms with Crippen molar-refractivity contribution >= 4 is 11.8 Å². The van der Waals surface area contributed by atoms with Gasteiger partial charge in [0, 0.05) is 25.8 Å². The number of β-amino-alcohol motifs (C(OH)–C–C–N with tert-alkyl or cyclic N) is 1. The first-order chi connectivity index (χ1) is 11.1. The zero-order valence-corrected chi connectivity index (χ0v) is 13.4. The highest BCUT2D eigenvalue weighted by molar-refractivity contribution is 5.71. The Bertz CT molecular complexity index is 528. The number of carbonyl (C=O) groups is 1. The molecule has 1 aromatic heterocycles. The van der Waals surface area contributed by atoms with Crippen molar-refractivity contribution in [1.82, 2.24) is 9.88 Å². The van der Waals surface area contributed by atoms with Gasteiger partial charge in [0.2, 0.25) is 0 Å². The molecule has 6 heteroatoms. The molecule has 0 aromatic carbocycles. The monoisotopic (exact) mass is 319 g/mol. The molecule has 3 rings (SSSR count). The first-order valence-corrected chi connectivity index (χ1v) is 8.46. The van der Waals surface area contributed by atoms with Crippen molar-refractivity contribution in [3.63, 3.8) is 0 Å². The minimum atomic E-state index is -0.915. The van der Waals surface area contributed by atoms with E-state index in [-0.39, 0.29) is 0 Å². The maximum Gasteiger partial charge on any atom is 0.309 e. The van der Waals surface area contributed by atoms with Crippen LogP contribution >= 0.6 is 0 Å². The molecule has 3 heterocycles. The van der Waals surface area contributed by atoms with Gasteiger partial charge in [0.25, 0.3) is 0 Å². The van der Waals surface area contributed by atoms with Gasteiger partial charge in [-0.25, -0.2) is 4.98 Å². The third kappa shape index (κ3) is 4.00. The molecule has 0 bridgehead atoms. The summed E-state index contributed by atoms with van der Waals surface area (Å²) >= 11 is 0. The molecule has 2 atom stereocenters. The fourth-order valence-electron chi connectivity index (χ4n) is 3.50. The second kappa shape index (κ2) is 7.27. The van der Waals surface area contributed by atoms with Crippen molar-refractivity contribution in [2.45, 2.75) is 38.3 Å². The first kappa shape index (κ1) is 16.2. The van der Waals surface area contributed by atoms with Gasteiger partial charge in [-0.3, -0.25) is 9.69 Å². The summed E-state index contributed by atoms with van der Waals surface area (Å²) in [5, 5.41) is 19.0. The molecular formula is C17H25N3O3. The molecule has 2 N–H and O–H groups in total. The number of anilines is 1. The number of carboxylic acids is 1. The molecule has 2 saturated heterocycles. The summed E-state index contributed by atoms with van der Waals surface area (Å²) < 4.78 is 0. The number of aromatic nitrogens is 1. The molecule has 2 fully saturated rings. The summed E-state index contributed by atoms with van der Waals surface area (Å²) in [6.07, 6.45) is 5.41. The Hall–Kier alpha value is -1.66. The van der Waals surface area contributed by atoms with E-state index in [4.69, 9.17) is 5.11 Å². The number of hydrogen-bond acceptors (Lipinski definition) is 5. The van der Waals surface area contributed by atoms with Gasteiger partial charge >= 0.3 is 5.97 Å². The molecule has 0 radical (unpaired) electrons. The van der Waals surface area contributed by atoms with E-state index in [0.29, 0.717) is 19.5 Å². The van der Waals surface area contributed by atoms with E-state index in [1.54, 1.807) is 0 Å². The van der Waals surface area contributed by atoms with Gasteiger partial charge < -0.3 is 15.1 Å². The van der Waals surface area contributed by atoms with Gasteiger partial charge in [-0.1, -0.05) is 12.5 Å². The van der Waals surface area contributed by atoms with Gasteiger partial charge in [-0.2, -0.15) is 0 Å². The van der Waals surface area contributed by atoms with Crippen LogP contribution in [-0.4, -0.2) is 58.3 Å². The Balaban J connectivity index is 1.58. The molecule has 2 aliphatic heterocycles. The summed E-state index contributed by atoms with van der Waals surface area (Å²) in [6.45, 7) is 4.21. The largest absolute Gasteiger partial charge is 0.481 e. The van der Waals surface area contributed by atoms with E-state index in [1.165, 1.54) is 24.8 Å². The van der Waals surface area contributed by atoms with E-state index in [2.05, 4.69) is 16.0 Å². The van der Waals surface area contributed by atoms with Crippen molar-refractivity contribution in [3.8, 4) is 0 Å². The Kier molecular flexibility index (Phi) is 5.13. The van der Waals surface area contributed by atoms with Crippen LogP contribution in [0.15, 0.2) is 18.3 Å². The number of aliphatic carboxylic acids is 1. The molecule has 0 unspecified atom stereocenters. The van der Waals surface area contributed by atoms with Crippen molar-refractivity contribution in [2.24, 2.45) is 5.92 Å². The maximum absolute atomic E-state index is 11.0. The minimum Gasteiger partial charge on any atom is -0.481 e. The Labute approximate surface area is 136 Å². The summed E-state index contributed by atoms with van der Waals surface area (Å²) in [4.78, 5) is 20.0. The Morgan fingerprint density at radius 2 is 2.00 bits per heavy atom. The number of carboxylic acid groups (broad SMARTS) is 1. The van der Waals surface area contributed by atoms with E-state index in [0.717, 1.165) is 25.5 Å². The molecular weight excluding hydrogens is 294 g/mol. The highest BCUT2D eigenvalue weighted by Crippen LogP contribution is 2.23. The minimum absolute atomic E-state index is 0.329. The van der Waals surface area contributed by atoms with Crippen LogP contribution in [-0.2, 0) is 11.3 Å². The van der Waals surface area contributed by atoms with Crippen LogP contribution in [0.4, 0.5) is 5.82 Å². The van der Waals surface area contributed by atoms with Crippen LogP contribution < -0.4 is 4.90 Å². The van der Waals surface area contributed by atoms with E-state index in [9.17, 15) is 9.90 Å². The van der Waals surface area contributed by atoms with Crippen LogP contribution in [0.25, 0.3) is 0 Å². The van der Waals surface area contributed by atoms with Gasteiger partial charge in [-0.15, -0.1) is 0 Å². The van der Waals surface area contributed by atoms with Crippen molar-refractivity contribution in [2.75, 3.05) is 31.1 Å². The van der Waals surface area contributed by atoms with Crippen molar-refractivity contribution in [3.05, 3.63) is 23.9 Å². The topological polar surface area (TPSA) is 76.9 Å². The Morgan fingerprint density at radius 3 is 2.61 bits per heavy atom. The molecule has 0 aliphatic carbocycles. The number of aliphatic hydroxyl groups is 1. The molecule has 126 valence electrons. The molecule has 23 heavy (non-hydrogen) atoms. The summed E-state index contributed by atoms with van der Waals surface area (Å²) in [5.41, 5.74) is 1.21.